The minimum absolute atomic E-state index is 0.152. The molecule has 2 heteroatoms. The molecular weight excluding hydrogens is 426 g/mol. The maximum Gasteiger partial charge on any atom is 0.156 e. The summed E-state index contributed by atoms with van der Waals surface area (Å²) >= 11 is 0. The van der Waals surface area contributed by atoms with Gasteiger partial charge in [-0.3, -0.25) is 0 Å². The van der Waals surface area contributed by atoms with E-state index in [4.69, 9.17) is 0 Å². The lowest BCUT2D eigenvalue weighted by Crippen LogP contribution is -2.24. The van der Waals surface area contributed by atoms with Crippen molar-refractivity contribution in [1.29, 1.82) is 5.41 Å². The van der Waals surface area contributed by atoms with Gasteiger partial charge < -0.3 is 5.41 Å². The molecule has 0 aromatic heterocycles. The highest BCUT2D eigenvalue weighted by molar-refractivity contribution is 6.90. The maximum absolute atomic E-state index is 9.50. The Morgan fingerprint density at radius 3 is 1.62 bits per heavy atom. The molecule has 0 bridgehead atoms. The van der Waals surface area contributed by atoms with Crippen LogP contribution >= 0.6 is 0 Å². The molecular formula is C32H29NSi. The fourth-order valence-electron chi connectivity index (χ4n) is 4.06. The van der Waals surface area contributed by atoms with E-state index in [1.807, 2.05) is 60.7 Å². The summed E-state index contributed by atoms with van der Waals surface area (Å²) in [4.78, 5) is 0. The minimum Gasteiger partial charge on any atom is -0.304 e. The monoisotopic (exact) mass is 455 g/mol. The summed E-state index contributed by atoms with van der Waals surface area (Å²) in [5, 5.41) is 9.50. The second-order valence-corrected chi connectivity index (χ2v) is 12.9. The molecule has 166 valence electrons. The Balaban J connectivity index is 1.82. The number of benzene rings is 4. The average Bonchev–Trinajstić information content (AvgIpc) is 2.89. The number of allylic oxidation sites excluding steroid dienone is 1. The summed E-state index contributed by atoms with van der Waals surface area (Å²) in [6.45, 7) is 4.50. The van der Waals surface area contributed by atoms with Crippen molar-refractivity contribution in [3.63, 3.8) is 0 Å². The SMILES string of the molecule is C[Si](C)(C#Cc1ccccc1)/C=C(/C(=N)C(c1ccccc1)c1ccccc1)c1ccccc1. The maximum atomic E-state index is 9.50. The van der Waals surface area contributed by atoms with Crippen molar-refractivity contribution >= 4 is 19.4 Å². The third-order valence-electron chi connectivity index (χ3n) is 5.74. The van der Waals surface area contributed by atoms with Crippen LogP contribution in [-0.2, 0) is 0 Å². The zero-order valence-corrected chi connectivity index (χ0v) is 20.7. The molecule has 0 aliphatic rings. The zero-order chi connectivity index (χ0) is 23.8. The molecule has 0 radical (unpaired) electrons. The molecule has 0 spiro atoms. The van der Waals surface area contributed by atoms with Crippen molar-refractivity contribution in [2.24, 2.45) is 0 Å². The lowest BCUT2D eigenvalue weighted by molar-refractivity contribution is 1.07. The highest BCUT2D eigenvalue weighted by Crippen LogP contribution is 2.32. The Kier molecular flexibility index (Phi) is 7.37. The summed E-state index contributed by atoms with van der Waals surface area (Å²) in [5.74, 6) is 3.22. The van der Waals surface area contributed by atoms with E-state index in [1.54, 1.807) is 0 Å². The van der Waals surface area contributed by atoms with Crippen molar-refractivity contribution in [1.82, 2.24) is 0 Å². The van der Waals surface area contributed by atoms with E-state index < -0.39 is 8.07 Å². The molecule has 0 amide bonds. The Bertz CT molecular complexity index is 1270. The molecule has 0 unspecified atom stereocenters. The van der Waals surface area contributed by atoms with Gasteiger partial charge in [-0.25, -0.2) is 0 Å². The van der Waals surface area contributed by atoms with Gasteiger partial charge in [-0.1, -0.05) is 134 Å². The van der Waals surface area contributed by atoms with Crippen molar-refractivity contribution in [3.8, 4) is 11.5 Å². The first kappa shape index (κ1) is 23.2. The van der Waals surface area contributed by atoms with Gasteiger partial charge in [-0.2, -0.15) is 0 Å². The van der Waals surface area contributed by atoms with E-state index in [9.17, 15) is 5.41 Å². The van der Waals surface area contributed by atoms with Crippen LogP contribution in [0.2, 0.25) is 13.1 Å². The number of hydrogen-bond acceptors (Lipinski definition) is 1. The van der Waals surface area contributed by atoms with Crippen molar-refractivity contribution in [2.45, 2.75) is 19.0 Å². The number of nitrogens with one attached hydrogen (secondary N) is 1. The van der Waals surface area contributed by atoms with Gasteiger partial charge in [-0.05, 0) is 34.4 Å². The smallest absolute Gasteiger partial charge is 0.156 e. The Morgan fingerprint density at radius 1 is 0.676 bits per heavy atom. The largest absolute Gasteiger partial charge is 0.304 e. The standard InChI is InChI=1S/C32H29NSi/c1-34(2,24-23-26-15-7-3-8-16-26)25-30(27-17-9-4-10-18-27)32(33)31(28-19-11-5-12-20-28)29-21-13-6-14-22-29/h3-22,25,31,33H,1-2H3/b30-25+,33-32?. The second-order valence-electron chi connectivity index (χ2n) is 8.93. The molecule has 4 aromatic rings. The molecule has 4 aromatic carbocycles. The lowest BCUT2D eigenvalue weighted by atomic mass is 9.83. The van der Waals surface area contributed by atoms with Crippen LogP contribution in [0.4, 0.5) is 0 Å². The molecule has 0 aliphatic heterocycles. The van der Waals surface area contributed by atoms with Gasteiger partial charge in [0.05, 0.1) is 11.6 Å². The van der Waals surface area contributed by atoms with Gasteiger partial charge in [0, 0.05) is 5.56 Å². The van der Waals surface area contributed by atoms with Gasteiger partial charge in [0.1, 0.15) is 0 Å². The van der Waals surface area contributed by atoms with Crippen LogP contribution in [0.5, 0.6) is 0 Å². The summed E-state index contributed by atoms with van der Waals surface area (Å²) < 4.78 is 0. The molecule has 1 nitrogen and oxygen atoms in total. The van der Waals surface area contributed by atoms with Crippen LogP contribution < -0.4 is 0 Å². The van der Waals surface area contributed by atoms with Gasteiger partial charge in [-0.15, -0.1) is 5.54 Å². The topological polar surface area (TPSA) is 23.9 Å². The van der Waals surface area contributed by atoms with Crippen LogP contribution in [0, 0.1) is 16.9 Å². The first-order chi connectivity index (χ1) is 16.5. The van der Waals surface area contributed by atoms with Gasteiger partial charge in [0.25, 0.3) is 0 Å². The van der Waals surface area contributed by atoms with E-state index in [0.29, 0.717) is 5.71 Å². The lowest BCUT2D eigenvalue weighted by Gasteiger charge is -2.23. The molecule has 0 saturated carbocycles. The molecule has 0 atom stereocenters. The third kappa shape index (κ3) is 5.89. The van der Waals surface area contributed by atoms with E-state index in [1.165, 1.54) is 0 Å². The first-order valence-electron chi connectivity index (χ1n) is 11.6. The van der Waals surface area contributed by atoms with Gasteiger partial charge >= 0.3 is 0 Å². The molecule has 4 rings (SSSR count). The molecule has 0 fully saturated rings. The summed E-state index contributed by atoms with van der Waals surface area (Å²) in [6.07, 6.45) is 0. The normalized spacial score (nSPS) is 11.6. The zero-order valence-electron chi connectivity index (χ0n) is 19.7. The predicted molar refractivity (Wildman–Crippen MR) is 148 cm³/mol. The summed E-state index contributed by atoms with van der Waals surface area (Å²) in [5.41, 5.74) is 11.8. The van der Waals surface area contributed by atoms with Crippen molar-refractivity contribution in [2.75, 3.05) is 0 Å². The van der Waals surface area contributed by atoms with Gasteiger partial charge in [0.15, 0.2) is 8.07 Å². The first-order valence-corrected chi connectivity index (χ1v) is 14.7. The predicted octanol–water partition coefficient (Wildman–Crippen LogP) is 7.76. The van der Waals surface area contributed by atoms with E-state index in [-0.39, 0.29) is 5.92 Å². The molecule has 0 aliphatic carbocycles. The van der Waals surface area contributed by atoms with Crippen LogP contribution in [0.1, 0.15) is 28.2 Å². The van der Waals surface area contributed by atoms with Crippen molar-refractivity contribution < 1.29 is 0 Å². The van der Waals surface area contributed by atoms with E-state index in [0.717, 1.165) is 27.8 Å². The molecule has 0 saturated heterocycles. The fourth-order valence-corrected chi connectivity index (χ4v) is 5.64. The molecule has 0 heterocycles. The minimum atomic E-state index is -2.11. The Labute approximate surface area is 204 Å². The van der Waals surface area contributed by atoms with E-state index >= 15 is 0 Å². The molecule has 1 N–H and O–H groups in total. The van der Waals surface area contributed by atoms with Crippen LogP contribution in [0.15, 0.2) is 127 Å². The van der Waals surface area contributed by atoms with E-state index in [2.05, 4.69) is 90.9 Å². The summed E-state index contributed by atoms with van der Waals surface area (Å²) in [6, 6.07) is 41.2. The second kappa shape index (κ2) is 10.8. The average molecular weight is 456 g/mol. The third-order valence-corrected chi connectivity index (χ3v) is 7.52. The van der Waals surface area contributed by atoms with Crippen LogP contribution in [0.25, 0.3) is 5.57 Å². The number of rotatable bonds is 6. The molecule has 34 heavy (non-hydrogen) atoms. The Hall–Kier alpha value is -3.93. The van der Waals surface area contributed by atoms with Crippen LogP contribution in [0.3, 0.4) is 0 Å². The number of hydrogen-bond donors (Lipinski definition) is 1. The quantitative estimate of drug-likeness (QED) is 0.174. The highest BCUT2D eigenvalue weighted by atomic mass is 28.3. The van der Waals surface area contributed by atoms with Gasteiger partial charge in [0.2, 0.25) is 0 Å². The fraction of sp³-hybridized carbons (Fsp3) is 0.0938. The highest BCUT2D eigenvalue weighted by Gasteiger charge is 2.26. The van der Waals surface area contributed by atoms with Crippen molar-refractivity contribution in [3.05, 3.63) is 149 Å². The Morgan fingerprint density at radius 2 is 1.12 bits per heavy atom. The van der Waals surface area contributed by atoms with Crippen LogP contribution in [-0.4, -0.2) is 13.8 Å². The summed E-state index contributed by atoms with van der Waals surface area (Å²) in [7, 11) is -2.11.